The Morgan fingerprint density at radius 2 is 1.68 bits per heavy atom. The van der Waals surface area contributed by atoms with Gasteiger partial charge >= 0.3 is 6.18 Å². The largest absolute Gasteiger partial charge is 0.474 e. The van der Waals surface area contributed by atoms with Crippen LogP contribution in [0, 0.1) is 0 Å². The van der Waals surface area contributed by atoms with Crippen LogP contribution in [-0.2, 0) is 16.0 Å². The minimum absolute atomic E-state index is 0.0729. The van der Waals surface area contributed by atoms with Crippen molar-refractivity contribution in [1.82, 2.24) is 4.98 Å². The van der Waals surface area contributed by atoms with E-state index in [0.29, 0.717) is 19.0 Å². The van der Waals surface area contributed by atoms with Crippen molar-refractivity contribution in [2.45, 2.75) is 43.4 Å². The molecule has 5 nitrogen and oxygen atoms in total. The standard InChI is InChI=1S/C19H22F3NO4S/c1-4-18(24,5-2)12-27-17-16(28(3,25)26)15(13-9-7-6-8-10-13)14(11-23-17)19(20,21)22/h6-11,24H,4-5,12H2,1-3H3. The van der Waals surface area contributed by atoms with Crippen molar-refractivity contribution in [3.05, 3.63) is 42.1 Å². The van der Waals surface area contributed by atoms with Gasteiger partial charge < -0.3 is 9.84 Å². The first kappa shape index (κ1) is 22.2. The molecule has 2 rings (SSSR count). The van der Waals surface area contributed by atoms with E-state index >= 15 is 0 Å². The van der Waals surface area contributed by atoms with E-state index in [1.54, 1.807) is 19.9 Å². The molecule has 0 saturated heterocycles. The van der Waals surface area contributed by atoms with E-state index in [2.05, 4.69) is 4.98 Å². The molecular formula is C19H22F3NO4S. The van der Waals surface area contributed by atoms with Crippen molar-refractivity contribution in [3.63, 3.8) is 0 Å². The third kappa shape index (κ3) is 4.82. The second-order valence-corrected chi connectivity index (χ2v) is 8.49. The van der Waals surface area contributed by atoms with Gasteiger partial charge in [-0.05, 0) is 18.4 Å². The molecule has 0 bridgehead atoms. The second-order valence-electron chi connectivity index (χ2n) is 6.54. The van der Waals surface area contributed by atoms with Gasteiger partial charge in [0.2, 0.25) is 5.88 Å². The number of aliphatic hydroxyl groups is 1. The number of hydrogen-bond acceptors (Lipinski definition) is 5. The summed E-state index contributed by atoms with van der Waals surface area (Å²) in [5.41, 5.74) is -2.86. The molecule has 0 amide bonds. The third-order valence-corrected chi connectivity index (χ3v) is 5.65. The summed E-state index contributed by atoms with van der Waals surface area (Å²) in [6, 6.07) is 7.40. The van der Waals surface area contributed by atoms with Crippen LogP contribution in [0.4, 0.5) is 13.2 Å². The summed E-state index contributed by atoms with van der Waals surface area (Å²) in [5.74, 6) is -0.463. The number of sulfone groups is 1. The molecule has 1 heterocycles. The van der Waals surface area contributed by atoms with Gasteiger partial charge in [0, 0.05) is 18.0 Å². The van der Waals surface area contributed by atoms with Crippen molar-refractivity contribution in [2.24, 2.45) is 0 Å². The molecule has 154 valence electrons. The fourth-order valence-electron chi connectivity index (χ4n) is 2.69. The van der Waals surface area contributed by atoms with Gasteiger partial charge in [-0.3, -0.25) is 0 Å². The Hall–Kier alpha value is -2.13. The van der Waals surface area contributed by atoms with E-state index in [4.69, 9.17) is 4.74 Å². The van der Waals surface area contributed by atoms with Gasteiger partial charge in [0.15, 0.2) is 9.84 Å². The molecule has 1 N–H and O–H groups in total. The molecule has 1 aromatic heterocycles. The molecular weight excluding hydrogens is 395 g/mol. The van der Waals surface area contributed by atoms with Crippen molar-refractivity contribution < 1.29 is 31.4 Å². The summed E-state index contributed by atoms with van der Waals surface area (Å²) < 4.78 is 71.1. The molecule has 0 saturated carbocycles. The van der Waals surface area contributed by atoms with Crippen molar-refractivity contribution in [1.29, 1.82) is 0 Å². The Labute approximate surface area is 162 Å². The van der Waals surface area contributed by atoms with E-state index in [0.717, 1.165) is 6.26 Å². The van der Waals surface area contributed by atoms with Crippen LogP contribution in [0.15, 0.2) is 41.4 Å². The zero-order valence-corrected chi connectivity index (χ0v) is 16.6. The Morgan fingerprint density at radius 3 is 2.14 bits per heavy atom. The number of aromatic nitrogens is 1. The lowest BCUT2D eigenvalue weighted by atomic mass is 9.99. The monoisotopic (exact) mass is 417 g/mol. The van der Waals surface area contributed by atoms with E-state index in [9.17, 15) is 26.7 Å². The number of rotatable bonds is 7. The summed E-state index contributed by atoms with van der Waals surface area (Å²) in [5, 5.41) is 10.4. The smallest absolute Gasteiger partial charge is 0.418 e. The van der Waals surface area contributed by atoms with Gasteiger partial charge in [0.1, 0.15) is 11.5 Å². The number of ether oxygens (including phenoxy) is 1. The maximum Gasteiger partial charge on any atom is 0.418 e. The van der Waals surface area contributed by atoms with Crippen LogP contribution < -0.4 is 4.74 Å². The predicted molar refractivity (Wildman–Crippen MR) is 98.8 cm³/mol. The summed E-state index contributed by atoms with van der Waals surface area (Å²) >= 11 is 0. The summed E-state index contributed by atoms with van der Waals surface area (Å²) in [4.78, 5) is 2.99. The minimum atomic E-state index is -4.82. The average Bonchev–Trinajstić information content (AvgIpc) is 2.64. The van der Waals surface area contributed by atoms with Gasteiger partial charge in [-0.25, -0.2) is 13.4 Å². The van der Waals surface area contributed by atoms with Crippen molar-refractivity contribution >= 4 is 9.84 Å². The lowest BCUT2D eigenvalue weighted by Crippen LogP contribution is -2.34. The topological polar surface area (TPSA) is 76.5 Å². The number of alkyl halides is 3. The number of halogens is 3. The van der Waals surface area contributed by atoms with E-state index in [1.807, 2.05) is 0 Å². The molecule has 0 aliphatic heterocycles. The van der Waals surface area contributed by atoms with Crippen LogP contribution in [0.2, 0.25) is 0 Å². The quantitative estimate of drug-likeness (QED) is 0.734. The van der Waals surface area contributed by atoms with Crippen LogP contribution in [0.5, 0.6) is 5.88 Å². The number of benzene rings is 1. The lowest BCUT2D eigenvalue weighted by Gasteiger charge is -2.26. The average molecular weight is 417 g/mol. The Kier molecular flexibility index (Phi) is 6.40. The first-order valence-electron chi connectivity index (χ1n) is 8.64. The van der Waals surface area contributed by atoms with Gasteiger partial charge in [-0.1, -0.05) is 44.2 Å². The minimum Gasteiger partial charge on any atom is -0.474 e. The van der Waals surface area contributed by atoms with Gasteiger partial charge in [0.25, 0.3) is 0 Å². The van der Waals surface area contributed by atoms with Gasteiger partial charge in [-0.15, -0.1) is 0 Å². The molecule has 0 atom stereocenters. The molecule has 0 radical (unpaired) electrons. The highest BCUT2D eigenvalue weighted by Gasteiger charge is 2.39. The maximum atomic E-state index is 13.6. The van der Waals surface area contributed by atoms with Crippen molar-refractivity contribution in [3.8, 4) is 17.0 Å². The van der Waals surface area contributed by atoms with Crippen LogP contribution in [-0.4, -0.2) is 37.0 Å². The molecule has 28 heavy (non-hydrogen) atoms. The van der Waals surface area contributed by atoms with Crippen LogP contribution in [0.3, 0.4) is 0 Å². The SMILES string of the molecule is CCC(O)(CC)COc1ncc(C(F)(F)F)c(-c2ccccc2)c1S(C)(=O)=O. The zero-order valence-electron chi connectivity index (χ0n) is 15.7. The first-order valence-corrected chi connectivity index (χ1v) is 10.5. The lowest BCUT2D eigenvalue weighted by molar-refractivity contribution is -0.137. The van der Waals surface area contributed by atoms with Gasteiger partial charge in [0.05, 0.1) is 11.2 Å². The summed E-state index contributed by atoms with van der Waals surface area (Å²) in [6.45, 7) is 3.15. The molecule has 0 aliphatic rings. The number of nitrogens with zero attached hydrogens (tertiary/aromatic N) is 1. The second kappa shape index (κ2) is 8.08. The molecule has 0 spiro atoms. The molecule has 9 heteroatoms. The summed E-state index contributed by atoms with van der Waals surface area (Å²) in [6.07, 6.45) is -2.81. The van der Waals surface area contributed by atoms with E-state index < -0.39 is 43.5 Å². The van der Waals surface area contributed by atoms with Crippen LogP contribution in [0.25, 0.3) is 11.1 Å². The van der Waals surface area contributed by atoms with Crippen molar-refractivity contribution in [2.75, 3.05) is 12.9 Å². The Morgan fingerprint density at radius 1 is 1.11 bits per heavy atom. The molecule has 2 aromatic rings. The van der Waals surface area contributed by atoms with E-state index in [1.165, 1.54) is 24.3 Å². The molecule has 1 aromatic carbocycles. The Balaban J connectivity index is 2.76. The zero-order chi connectivity index (χ0) is 21.2. The first-order chi connectivity index (χ1) is 12.9. The highest BCUT2D eigenvalue weighted by molar-refractivity contribution is 7.91. The fraction of sp³-hybridized carbons (Fsp3) is 0.421. The van der Waals surface area contributed by atoms with Crippen LogP contribution >= 0.6 is 0 Å². The highest BCUT2D eigenvalue weighted by Crippen LogP contribution is 2.43. The van der Waals surface area contributed by atoms with Gasteiger partial charge in [-0.2, -0.15) is 13.2 Å². The molecule has 0 aliphatic carbocycles. The fourth-order valence-corrected chi connectivity index (χ4v) is 3.71. The summed E-state index contributed by atoms with van der Waals surface area (Å²) in [7, 11) is -4.15. The third-order valence-electron chi connectivity index (χ3n) is 4.53. The molecule has 0 fully saturated rings. The number of pyridine rings is 1. The maximum absolute atomic E-state index is 13.6. The van der Waals surface area contributed by atoms with E-state index in [-0.39, 0.29) is 12.2 Å². The van der Waals surface area contributed by atoms with Crippen LogP contribution in [0.1, 0.15) is 32.3 Å². The Bertz CT molecular complexity index is 924. The highest BCUT2D eigenvalue weighted by atomic mass is 32.2. The predicted octanol–water partition coefficient (Wildman–Crippen LogP) is 4.10. The molecule has 0 unspecified atom stereocenters. The number of hydrogen-bond donors (Lipinski definition) is 1. The normalized spacial score (nSPS) is 12.8.